The van der Waals surface area contributed by atoms with Gasteiger partial charge in [0, 0.05) is 19.3 Å². The molecule has 0 aromatic carbocycles. The van der Waals surface area contributed by atoms with Crippen molar-refractivity contribution in [2.75, 3.05) is 18.5 Å². The number of hydrogen-bond donors (Lipinski definition) is 2. The molecule has 1 aromatic heterocycles. The number of aryl methyl sites for hydroxylation is 1. The van der Waals surface area contributed by atoms with Crippen molar-refractivity contribution in [2.24, 2.45) is 5.73 Å². The molecule has 1 heterocycles. The highest BCUT2D eigenvalue weighted by Crippen LogP contribution is 2.09. The zero-order valence-corrected chi connectivity index (χ0v) is 10.1. The Kier molecular flexibility index (Phi) is 4.22. The Morgan fingerprint density at radius 1 is 1.50 bits per heavy atom. The summed E-state index contributed by atoms with van der Waals surface area (Å²) in [5, 5.41) is 7.38. The molecule has 0 aliphatic rings. The maximum absolute atomic E-state index is 7.38. The minimum atomic E-state index is -0.0179. The van der Waals surface area contributed by atoms with E-state index in [1.54, 1.807) is 6.07 Å². The van der Waals surface area contributed by atoms with Crippen molar-refractivity contribution >= 4 is 11.8 Å². The number of nitrogens with one attached hydrogen (secondary N) is 1. The lowest BCUT2D eigenvalue weighted by Crippen LogP contribution is -2.23. The summed E-state index contributed by atoms with van der Waals surface area (Å²) in [6.45, 7) is 4.94. The SMILES string of the molecule is CCCCN(C)c1nc(C)cc(C(=N)N)n1. The van der Waals surface area contributed by atoms with Crippen LogP contribution in [-0.2, 0) is 0 Å². The van der Waals surface area contributed by atoms with Crippen molar-refractivity contribution in [1.29, 1.82) is 5.41 Å². The average molecular weight is 221 g/mol. The van der Waals surface area contributed by atoms with Crippen molar-refractivity contribution in [2.45, 2.75) is 26.7 Å². The summed E-state index contributed by atoms with van der Waals surface area (Å²) >= 11 is 0. The normalized spacial score (nSPS) is 10.2. The van der Waals surface area contributed by atoms with Crippen molar-refractivity contribution in [1.82, 2.24) is 9.97 Å². The van der Waals surface area contributed by atoms with E-state index in [1.807, 2.05) is 18.9 Å². The number of aromatic nitrogens is 2. The third-order valence-corrected chi connectivity index (χ3v) is 2.31. The molecule has 88 valence electrons. The van der Waals surface area contributed by atoms with Crippen LogP contribution in [0.15, 0.2) is 6.07 Å². The van der Waals surface area contributed by atoms with Crippen LogP contribution in [0.3, 0.4) is 0 Å². The first kappa shape index (κ1) is 12.4. The van der Waals surface area contributed by atoms with Gasteiger partial charge >= 0.3 is 0 Å². The molecule has 5 heteroatoms. The van der Waals surface area contributed by atoms with Crippen molar-refractivity contribution in [3.05, 3.63) is 17.5 Å². The molecule has 5 nitrogen and oxygen atoms in total. The topological polar surface area (TPSA) is 78.9 Å². The Morgan fingerprint density at radius 2 is 2.19 bits per heavy atom. The molecule has 0 fully saturated rings. The van der Waals surface area contributed by atoms with E-state index >= 15 is 0 Å². The molecule has 0 saturated heterocycles. The number of rotatable bonds is 5. The maximum atomic E-state index is 7.38. The van der Waals surface area contributed by atoms with Gasteiger partial charge in [-0.15, -0.1) is 0 Å². The first-order chi connectivity index (χ1) is 7.54. The van der Waals surface area contributed by atoms with Gasteiger partial charge in [-0.25, -0.2) is 9.97 Å². The first-order valence-electron chi connectivity index (χ1n) is 5.45. The zero-order chi connectivity index (χ0) is 12.1. The molecule has 0 radical (unpaired) electrons. The van der Waals surface area contributed by atoms with E-state index in [0.29, 0.717) is 11.6 Å². The van der Waals surface area contributed by atoms with Crippen LogP contribution in [0.4, 0.5) is 5.95 Å². The van der Waals surface area contributed by atoms with Gasteiger partial charge in [0.25, 0.3) is 0 Å². The van der Waals surface area contributed by atoms with Crippen LogP contribution in [0.2, 0.25) is 0 Å². The molecule has 0 aliphatic heterocycles. The van der Waals surface area contributed by atoms with Gasteiger partial charge in [-0.3, -0.25) is 5.41 Å². The van der Waals surface area contributed by atoms with E-state index in [2.05, 4.69) is 16.9 Å². The van der Waals surface area contributed by atoms with E-state index in [9.17, 15) is 0 Å². The third-order valence-electron chi connectivity index (χ3n) is 2.31. The number of unbranched alkanes of at least 4 members (excludes halogenated alkanes) is 1. The van der Waals surface area contributed by atoms with E-state index in [4.69, 9.17) is 11.1 Å². The Bertz CT molecular complexity index is 375. The summed E-state index contributed by atoms with van der Waals surface area (Å²) < 4.78 is 0. The number of nitrogen functional groups attached to an aromatic ring is 1. The van der Waals surface area contributed by atoms with Gasteiger partial charge < -0.3 is 10.6 Å². The van der Waals surface area contributed by atoms with Crippen molar-refractivity contribution in [3.8, 4) is 0 Å². The molecule has 0 amide bonds. The number of hydrogen-bond acceptors (Lipinski definition) is 4. The molecule has 1 rings (SSSR count). The van der Waals surface area contributed by atoms with Crippen molar-refractivity contribution in [3.63, 3.8) is 0 Å². The number of nitrogens with two attached hydrogens (primary N) is 1. The van der Waals surface area contributed by atoms with Crippen LogP contribution >= 0.6 is 0 Å². The molecule has 0 saturated carbocycles. The fraction of sp³-hybridized carbons (Fsp3) is 0.545. The lowest BCUT2D eigenvalue weighted by Gasteiger charge is -2.17. The zero-order valence-electron chi connectivity index (χ0n) is 10.1. The summed E-state index contributed by atoms with van der Waals surface area (Å²) in [7, 11) is 1.95. The minimum Gasteiger partial charge on any atom is -0.382 e. The Morgan fingerprint density at radius 3 is 2.75 bits per heavy atom. The molecule has 0 bridgehead atoms. The van der Waals surface area contributed by atoms with Gasteiger partial charge in [0.15, 0.2) is 0 Å². The van der Waals surface area contributed by atoms with Gasteiger partial charge in [0.2, 0.25) is 5.95 Å². The molecule has 3 N–H and O–H groups in total. The average Bonchev–Trinajstić information content (AvgIpc) is 2.24. The highest BCUT2D eigenvalue weighted by atomic mass is 15.2. The summed E-state index contributed by atoms with van der Waals surface area (Å²) in [5.41, 5.74) is 6.75. The van der Waals surface area contributed by atoms with Crippen LogP contribution in [0.5, 0.6) is 0 Å². The summed E-state index contributed by atoms with van der Waals surface area (Å²) in [4.78, 5) is 10.6. The predicted molar refractivity (Wildman–Crippen MR) is 66.0 cm³/mol. The number of amidine groups is 1. The molecule has 16 heavy (non-hydrogen) atoms. The second-order valence-corrected chi connectivity index (χ2v) is 3.88. The van der Waals surface area contributed by atoms with E-state index in [-0.39, 0.29) is 5.84 Å². The quantitative estimate of drug-likeness (QED) is 0.580. The smallest absolute Gasteiger partial charge is 0.225 e. The Balaban J connectivity index is 2.91. The fourth-order valence-electron chi connectivity index (χ4n) is 1.36. The van der Waals surface area contributed by atoms with Crippen LogP contribution in [0.25, 0.3) is 0 Å². The van der Waals surface area contributed by atoms with E-state index < -0.39 is 0 Å². The summed E-state index contributed by atoms with van der Waals surface area (Å²) in [5.74, 6) is 0.620. The van der Waals surface area contributed by atoms with Crippen LogP contribution < -0.4 is 10.6 Å². The molecular formula is C11H19N5. The van der Waals surface area contributed by atoms with Crippen LogP contribution in [0, 0.1) is 12.3 Å². The standard InChI is InChI=1S/C11H19N5/c1-4-5-6-16(3)11-14-8(2)7-9(15-11)10(12)13/h7H,4-6H2,1-3H3,(H3,12,13). The Labute approximate surface area is 96.2 Å². The lowest BCUT2D eigenvalue weighted by atomic mass is 10.3. The highest BCUT2D eigenvalue weighted by Gasteiger charge is 2.08. The Hall–Kier alpha value is -1.65. The van der Waals surface area contributed by atoms with Gasteiger partial charge in [-0.2, -0.15) is 0 Å². The first-order valence-corrected chi connectivity index (χ1v) is 5.45. The summed E-state index contributed by atoms with van der Waals surface area (Å²) in [6, 6.07) is 1.72. The number of nitrogens with zero attached hydrogens (tertiary/aromatic N) is 3. The molecule has 0 spiro atoms. The van der Waals surface area contributed by atoms with E-state index in [1.165, 1.54) is 0 Å². The summed E-state index contributed by atoms with van der Waals surface area (Å²) in [6.07, 6.45) is 2.24. The van der Waals surface area contributed by atoms with Crippen molar-refractivity contribution < 1.29 is 0 Å². The second-order valence-electron chi connectivity index (χ2n) is 3.88. The second kappa shape index (κ2) is 5.44. The van der Waals surface area contributed by atoms with Crippen LogP contribution in [0.1, 0.15) is 31.2 Å². The predicted octanol–water partition coefficient (Wildman–Crippen LogP) is 1.31. The van der Waals surface area contributed by atoms with Gasteiger partial charge in [-0.1, -0.05) is 13.3 Å². The largest absolute Gasteiger partial charge is 0.382 e. The minimum absolute atomic E-state index is 0.0179. The van der Waals surface area contributed by atoms with Gasteiger partial charge in [-0.05, 0) is 19.4 Å². The van der Waals surface area contributed by atoms with Gasteiger partial charge in [0.05, 0.1) is 0 Å². The maximum Gasteiger partial charge on any atom is 0.225 e. The highest BCUT2D eigenvalue weighted by molar-refractivity contribution is 5.93. The molecule has 0 aliphatic carbocycles. The monoisotopic (exact) mass is 221 g/mol. The fourth-order valence-corrected chi connectivity index (χ4v) is 1.36. The molecule has 0 atom stereocenters. The molecule has 1 aromatic rings. The lowest BCUT2D eigenvalue weighted by molar-refractivity contribution is 0.747. The van der Waals surface area contributed by atoms with Gasteiger partial charge in [0.1, 0.15) is 11.5 Å². The number of anilines is 1. The third kappa shape index (κ3) is 3.18. The van der Waals surface area contributed by atoms with Crippen LogP contribution in [-0.4, -0.2) is 29.4 Å². The molecular weight excluding hydrogens is 202 g/mol. The van der Waals surface area contributed by atoms with E-state index in [0.717, 1.165) is 25.1 Å². The molecule has 0 unspecified atom stereocenters.